The van der Waals surface area contributed by atoms with Gasteiger partial charge in [-0.05, 0) is 25.0 Å². The summed E-state index contributed by atoms with van der Waals surface area (Å²) in [6, 6.07) is 7.04. The lowest BCUT2D eigenvalue weighted by molar-refractivity contribution is -0.152. The molecule has 4 rings (SSSR count). The van der Waals surface area contributed by atoms with E-state index in [0.717, 1.165) is 0 Å². The molecule has 1 atom stereocenters. The van der Waals surface area contributed by atoms with Gasteiger partial charge in [0.05, 0.1) is 12.2 Å². The fourth-order valence-electron chi connectivity index (χ4n) is 3.95. The van der Waals surface area contributed by atoms with Crippen LogP contribution in [0, 0.1) is 0 Å². The minimum absolute atomic E-state index is 0.0351. The van der Waals surface area contributed by atoms with E-state index in [0.29, 0.717) is 24.3 Å². The summed E-state index contributed by atoms with van der Waals surface area (Å²) in [5.74, 6) is -2.72. The number of fused-ring (bicyclic) bond motifs is 1. The van der Waals surface area contributed by atoms with Crippen molar-refractivity contribution < 1.29 is 23.1 Å². The number of piperidine rings is 1. The predicted molar refractivity (Wildman–Crippen MR) is 86.7 cm³/mol. The van der Waals surface area contributed by atoms with E-state index in [1.807, 2.05) is 0 Å². The van der Waals surface area contributed by atoms with Gasteiger partial charge in [-0.25, -0.2) is 8.78 Å². The summed E-state index contributed by atoms with van der Waals surface area (Å²) < 4.78 is 33.4. The summed E-state index contributed by atoms with van der Waals surface area (Å²) in [7, 11) is 0. The third-order valence-electron chi connectivity index (χ3n) is 5.38. The molecule has 0 aromatic heterocycles. The standard InChI is InChI=1S/C18H20F2N2O3/c1-12(23)21-10-15(25-14-5-3-2-4-13(14)21)16(24)22-9-8-18(19,20)11-17(22)6-7-17/h2-5,15H,6-11H2,1H3. The Morgan fingerprint density at radius 3 is 2.60 bits per heavy atom. The highest BCUT2D eigenvalue weighted by Crippen LogP contribution is 2.53. The van der Waals surface area contributed by atoms with Crippen molar-refractivity contribution in [1.82, 2.24) is 4.90 Å². The van der Waals surface area contributed by atoms with Crippen LogP contribution in [0.1, 0.15) is 32.6 Å². The quantitative estimate of drug-likeness (QED) is 0.782. The number of carbonyl (C=O) groups is 2. The Bertz CT molecular complexity index is 733. The number of halogens is 2. The number of hydrogen-bond acceptors (Lipinski definition) is 3. The van der Waals surface area contributed by atoms with Gasteiger partial charge in [-0.15, -0.1) is 0 Å². The Balaban J connectivity index is 1.58. The van der Waals surface area contributed by atoms with E-state index in [1.165, 1.54) is 11.8 Å². The van der Waals surface area contributed by atoms with Gasteiger partial charge in [0, 0.05) is 31.8 Å². The van der Waals surface area contributed by atoms with Crippen molar-refractivity contribution in [2.75, 3.05) is 18.0 Å². The van der Waals surface area contributed by atoms with E-state index >= 15 is 0 Å². The molecule has 2 aliphatic heterocycles. The first-order valence-electron chi connectivity index (χ1n) is 8.54. The zero-order chi connectivity index (χ0) is 17.8. The van der Waals surface area contributed by atoms with Crippen molar-refractivity contribution in [1.29, 1.82) is 0 Å². The van der Waals surface area contributed by atoms with Crippen LogP contribution in [0.2, 0.25) is 0 Å². The lowest BCUT2D eigenvalue weighted by Gasteiger charge is -2.43. The number of ether oxygens (including phenoxy) is 1. The molecule has 134 valence electrons. The van der Waals surface area contributed by atoms with Crippen molar-refractivity contribution in [2.24, 2.45) is 0 Å². The monoisotopic (exact) mass is 350 g/mol. The number of benzene rings is 1. The first kappa shape index (κ1) is 16.3. The summed E-state index contributed by atoms with van der Waals surface area (Å²) in [6.45, 7) is 1.58. The van der Waals surface area contributed by atoms with E-state index in [2.05, 4.69) is 0 Å². The third kappa shape index (κ3) is 2.75. The molecule has 5 nitrogen and oxygen atoms in total. The Morgan fingerprint density at radius 1 is 1.20 bits per heavy atom. The molecule has 0 radical (unpaired) electrons. The van der Waals surface area contributed by atoms with Gasteiger partial charge in [0.2, 0.25) is 5.91 Å². The average molecular weight is 350 g/mol. The molecule has 0 bridgehead atoms. The molecule has 2 heterocycles. The molecule has 1 saturated carbocycles. The van der Waals surface area contributed by atoms with Gasteiger partial charge in [-0.1, -0.05) is 12.1 Å². The zero-order valence-corrected chi connectivity index (χ0v) is 14.0. The van der Waals surface area contributed by atoms with Gasteiger partial charge in [0.1, 0.15) is 5.75 Å². The first-order chi connectivity index (χ1) is 11.8. The fraction of sp³-hybridized carbons (Fsp3) is 0.556. The smallest absolute Gasteiger partial charge is 0.266 e. The SMILES string of the molecule is CC(=O)N1CC(C(=O)N2CCC(F)(F)CC23CC3)Oc2ccccc21. The molecule has 1 aromatic carbocycles. The molecule has 3 aliphatic rings. The Labute approximate surface area is 144 Å². The number of carbonyl (C=O) groups excluding carboxylic acids is 2. The largest absolute Gasteiger partial charge is 0.476 e. The van der Waals surface area contributed by atoms with Crippen LogP contribution in [0.25, 0.3) is 0 Å². The van der Waals surface area contributed by atoms with Gasteiger partial charge in [0.25, 0.3) is 11.8 Å². The fourth-order valence-corrected chi connectivity index (χ4v) is 3.95. The minimum atomic E-state index is -2.71. The highest BCUT2D eigenvalue weighted by Gasteiger charge is 2.59. The normalized spacial score (nSPS) is 26.0. The summed E-state index contributed by atoms with van der Waals surface area (Å²) in [5.41, 5.74) is -0.0920. The molecule has 25 heavy (non-hydrogen) atoms. The number of hydrogen-bond donors (Lipinski definition) is 0. The molecular formula is C18H20F2N2O3. The maximum absolute atomic E-state index is 13.8. The Kier molecular flexibility index (Phi) is 3.53. The van der Waals surface area contributed by atoms with Crippen LogP contribution >= 0.6 is 0 Å². The van der Waals surface area contributed by atoms with Crippen LogP contribution in [0.4, 0.5) is 14.5 Å². The number of likely N-dealkylation sites (tertiary alicyclic amines) is 1. The molecule has 0 N–H and O–H groups in total. The molecule has 1 saturated heterocycles. The van der Waals surface area contributed by atoms with E-state index in [9.17, 15) is 18.4 Å². The minimum Gasteiger partial charge on any atom is -0.476 e. The first-order valence-corrected chi connectivity index (χ1v) is 8.54. The summed E-state index contributed by atoms with van der Waals surface area (Å²) in [6.07, 6.45) is -0.239. The third-order valence-corrected chi connectivity index (χ3v) is 5.38. The van der Waals surface area contributed by atoms with E-state index in [1.54, 1.807) is 29.2 Å². The maximum Gasteiger partial charge on any atom is 0.266 e. The second-order valence-electron chi connectivity index (χ2n) is 7.20. The number of rotatable bonds is 1. The number of alkyl halides is 2. The van der Waals surface area contributed by atoms with Crippen molar-refractivity contribution in [2.45, 2.75) is 50.2 Å². The Morgan fingerprint density at radius 2 is 1.92 bits per heavy atom. The number of amides is 2. The van der Waals surface area contributed by atoms with Crippen LogP contribution < -0.4 is 9.64 Å². The summed E-state index contributed by atoms with van der Waals surface area (Å²) in [4.78, 5) is 28.1. The second kappa shape index (κ2) is 5.41. The lowest BCUT2D eigenvalue weighted by atomic mass is 9.95. The van der Waals surface area contributed by atoms with Gasteiger partial charge in [0.15, 0.2) is 6.10 Å². The van der Waals surface area contributed by atoms with Crippen LogP contribution in [-0.2, 0) is 9.59 Å². The van der Waals surface area contributed by atoms with Gasteiger partial charge < -0.3 is 14.5 Å². The number of para-hydroxylation sites is 2. The van der Waals surface area contributed by atoms with E-state index < -0.39 is 17.6 Å². The van der Waals surface area contributed by atoms with Crippen molar-refractivity contribution >= 4 is 17.5 Å². The topological polar surface area (TPSA) is 49.9 Å². The van der Waals surface area contributed by atoms with Crippen LogP contribution in [0.15, 0.2) is 24.3 Å². The molecule has 7 heteroatoms. The molecule has 1 aromatic rings. The van der Waals surface area contributed by atoms with Crippen LogP contribution in [-0.4, -0.2) is 47.4 Å². The number of anilines is 1. The van der Waals surface area contributed by atoms with E-state index in [-0.39, 0.29) is 37.7 Å². The second-order valence-corrected chi connectivity index (χ2v) is 7.20. The van der Waals surface area contributed by atoms with Gasteiger partial charge in [-0.3, -0.25) is 9.59 Å². The zero-order valence-electron chi connectivity index (χ0n) is 14.0. The van der Waals surface area contributed by atoms with Crippen molar-refractivity contribution in [3.8, 4) is 5.75 Å². The molecule has 1 unspecified atom stereocenters. The molecule has 2 fully saturated rings. The molecule has 2 amide bonds. The van der Waals surface area contributed by atoms with E-state index in [4.69, 9.17) is 4.74 Å². The van der Waals surface area contributed by atoms with Gasteiger partial charge >= 0.3 is 0 Å². The van der Waals surface area contributed by atoms with Crippen molar-refractivity contribution in [3.63, 3.8) is 0 Å². The maximum atomic E-state index is 13.8. The number of nitrogens with zero attached hydrogens (tertiary/aromatic N) is 2. The van der Waals surface area contributed by atoms with Gasteiger partial charge in [-0.2, -0.15) is 0 Å². The highest BCUT2D eigenvalue weighted by molar-refractivity contribution is 5.96. The summed E-state index contributed by atoms with van der Waals surface area (Å²) in [5, 5.41) is 0. The molecular weight excluding hydrogens is 330 g/mol. The molecule has 1 spiro atoms. The predicted octanol–water partition coefficient (Wildman–Crippen LogP) is 2.59. The summed E-state index contributed by atoms with van der Waals surface area (Å²) >= 11 is 0. The average Bonchev–Trinajstić information content (AvgIpc) is 3.31. The highest BCUT2D eigenvalue weighted by atomic mass is 19.3. The van der Waals surface area contributed by atoms with Crippen LogP contribution in [0.5, 0.6) is 5.75 Å². The van der Waals surface area contributed by atoms with Crippen molar-refractivity contribution in [3.05, 3.63) is 24.3 Å². The Hall–Kier alpha value is -2.18. The van der Waals surface area contributed by atoms with Crippen LogP contribution in [0.3, 0.4) is 0 Å². The molecule has 1 aliphatic carbocycles. The lowest BCUT2D eigenvalue weighted by Crippen LogP contribution is -2.58.